The van der Waals surface area contributed by atoms with Crippen molar-refractivity contribution < 1.29 is 0 Å². The van der Waals surface area contributed by atoms with E-state index in [9.17, 15) is 0 Å². The molecule has 2 aliphatic rings. The van der Waals surface area contributed by atoms with Crippen LogP contribution in [0.4, 0.5) is 0 Å². The van der Waals surface area contributed by atoms with Gasteiger partial charge in [0.25, 0.3) is 0 Å². The molecule has 0 N–H and O–H groups in total. The van der Waals surface area contributed by atoms with Crippen molar-refractivity contribution in [3.8, 4) is 22.3 Å². The molecular weight excluding hydrogens is 396 g/mol. The summed E-state index contributed by atoms with van der Waals surface area (Å²) in [7, 11) is 0. The molecule has 4 aromatic carbocycles. The quantitative estimate of drug-likeness (QED) is 0.300. The Bertz CT molecular complexity index is 1320. The highest BCUT2D eigenvalue weighted by molar-refractivity contribution is 5.82. The number of hydrogen-bond acceptors (Lipinski definition) is 0. The van der Waals surface area contributed by atoms with Crippen LogP contribution in [-0.2, 0) is 16.2 Å². The van der Waals surface area contributed by atoms with Gasteiger partial charge in [-0.15, -0.1) is 0 Å². The molecule has 0 heterocycles. The molecule has 0 heteroatoms. The van der Waals surface area contributed by atoms with E-state index in [1.54, 1.807) is 0 Å². The maximum Gasteiger partial charge on any atom is 0.0158 e. The third-order valence-electron chi connectivity index (χ3n) is 8.61. The second-order valence-corrected chi connectivity index (χ2v) is 11.5. The van der Waals surface area contributed by atoms with Crippen LogP contribution in [0, 0.1) is 0 Å². The highest BCUT2D eigenvalue weighted by Crippen LogP contribution is 2.52. The summed E-state index contributed by atoms with van der Waals surface area (Å²) < 4.78 is 0. The van der Waals surface area contributed by atoms with E-state index in [0.717, 1.165) is 0 Å². The fraction of sp³-hybridized carbons (Fsp3) is 0.273. The molecule has 0 saturated heterocycles. The summed E-state index contributed by atoms with van der Waals surface area (Å²) in [5, 5.41) is 0. The molecule has 33 heavy (non-hydrogen) atoms. The zero-order valence-corrected chi connectivity index (χ0v) is 20.6. The number of fused-ring (bicyclic) bond motifs is 6. The Labute approximate surface area is 198 Å². The minimum atomic E-state index is -0.0836. The average Bonchev–Trinajstić information content (AvgIpc) is 3.19. The Hall–Kier alpha value is -3.12. The predicted octanol–water partition coefficient (Wildman–Crippen LogP) is 8.63. The van der Waals surface area contributed by atoms with Crippen molar-refractivity contribution >= 4 is 0 Å². The first-order valence-electron chi connectivity index (χ1n) is 12.1. The second kappa shape index (κ2) is 6.48. The minimum Gasteiger partial charge on any atom is -0.0619 e. The summed E-state index contributed by atoms with van der Waals surface area (Å²) in [5.41, 5.74) is 14.1. The van der Waals surface area contributed by atoms with Crippen LogP contribution >= 0.6 is 0 Å². The smallest absolute Gasteiger partial charge is 0.0158 e. The summed E-state index contributed by atoms with van der Waals surface area (Å²) in [6.45, 7) is 14.2. The monoisotopic (exact) mass is 428 g/mol. The molecule has 0 radical (unpaired) electrons. The van der Waals surface area contributed by atoms with Crippen LogP contribution in [0.15, 0.2) is 84.9 Å². The van der Waals surface area contributed by atoms with Crippen molar-refractivity contribution in [2.45, 2.75) is 57.8 Å². The average molecular weight is 429 g/mol. The zero-order chi connectivity index (χ0) is 23.2. The lowest BCUT2D eigenvalue weighted by atomic mass is 9.73. The van der Waals surface area contributed by atoms with E-state index in [-0.39, 0.29) is 16.2 Å². The lowest BCUT2D eigenvalue weighted by molar-refractivity contribution is 0.618. The molecule has 0 saturated carbocycles. The zero-order valence-electron chi connectivity index (χ0n) is 20.6. The van der Waals surface area contributed by atoms with Crippen molar-refractivity contribution in [1.29, 1.82) is 0 Å². The van der Waals surface area contributed by atoms with Gasteiger partial charge >= 0.3 is 0 Å². The Morgan fingerprint density at radius 1 is 0.455 bits per heavy atom. The number of benzene rings is 4. The number of hydrogen-bond donors (Lipinski definition) is 0. The third-order valence-corrected chi connectivity index (χ3v) is 8.61. The summed E-state index contributed by atoms with van der Waals surface area (Å²) in [4.78, 5) is 0. The highest BCUT2D eigenvalue weighted by Gasteiger charge is 2.38. The van der Waals surface area contributed by atoms with Crippen LogP contribution in [-0.4, -0.2) is 0 Å². The summed E-state index contributed by atoms with van der Waals surface area (Å²) in [6.07, 6.45) is 0. The van der Waals surface area contributed by atoms with Gasteiger partial charge < -0.3 is 0 Å². The molecule has 0 nitrogen and oxygen atoms in total. The fourth-order valence-corrected chi connectivity index (χ4v) is 6.35. The first-order chi connectivity index (χ1) is 15.6. The van der Waals surface area contributed by atoms with Gasteiger partial charge in [-0.1, -0.05) is 126 Å². The SMILES string of the molecule is CC(C)(c1ccc2c(c1)C(C)(C)c1ccccc1-2)c1ccc2c(c1)C(C)(C)c1ccccc1-2. The van der Waals surface area contributed by atoms with Gasteiger partial charge in [0, 0.05) is 16.2 Å². The van der Waals surface area contributed by atoms with Crippen LogP contribution in [0.3, 0.4) is 0 Å². The summed E-state index contributed by atoms with van der Waals surface area (Å²) in [6, 6.07) is 32.1. The second-order valence-electron chi connectivity index (χ2n) is 11.5. The first-order valence-corrected chi connectivity index (χ1v) is 12.1. The molecular formula is C33H32. The van der Waals surface area contributed by atoms with Crippen molar-refractivity contribution in [3.05, 3.63) is 118 Å². The topological polar surface area (TPSA) is 0 Å². The molecule has 0 atom stereocenters. The normalized spacial score (nSPS) is 16.7. The van der Waals surface area contributed by atoms with Crippen LogP contribution in [0.25, 0.3) is 22.3 Å². The summed E-state index contributed by atoms with van der Waals surface area (Å²) >= 11 is 0. The van der Waals surface area contributed by atoms with Crippen LogP contribution in [0.1, 0.15) is 74.9 Å². The molecule has 0 unspecified atom stereocenters. The van der Waals surface area contributed by atoms with Gasteiger partial charge in [0.15, 0.2) is 0 Å². The highest BCUT2D eigenvalue weighted by atomic mass is 14.4. The van der Waals surface area contributed by atoms with Crippen molar-refractivity contribution in [3.63, 3.8) is 0 Å². The van der Waals surface area contributed by atoms with Crippen LogP contribution in [0.5, 0.6) is 0 Å². The molecule has 4 aromatic rings. The van der Waals surface area contributed by atoms with E-state index < -0.39 is 0 Å². The van der Waals surface area contributed by atoms with Crippen molar-refractivity contribution in [2.24, 2.45) is 0 Å². The van der Waals surface area contributed by atoms with Gasteiger partial charge in [-0.25, -0.2) is 0 Å². The lowest BCUT2D eigenvalue weighted by Crippen LogP contribution is -2.22. The molecule has 0 bridgehead atoms. The van der Waals surface area contributed by atoms with Gasteiger partial charge in [0.05, 0.1) is 0 Å². The lowest BCUT2D eigenvalue weighted by Gasteiger charge is -2.30. The van der Waals surface area contributed by atoms with Gasteiger partial charge in [0.2, 0.25) is 0 Å². The Balaban J connectivity index is 1.47. The van der Waals surface area contributed by atoms with E-state index in [2.05, 4.69) is 126 Å². The predicted molar refractivity (Wildman–Crippen MR) is 140 cm³/mol. The molecule has 0 spiro atoms. The standard InChI is InChI=1S/C33H32/c1-31(2,21-15-17-25-23-11-7-9-13-27(23)32(3,4)29(25)19-21)22-16-18-26-24-12-8-10-14-28(24)33(5,6)30(26)20-22/h7-20H,1-6H3. The number of rotatable bonds is 2. The van der Waals surface area contributed by atoms with E-state index in [1.165, 1.54) is 55.6 Å². The Morgan fingerprint density at radius 2 is 0.818 bits per heavy atom. The molecule has 2 aliphatic carbocycles. The fourth-order valence-electron chi connectivity index (χ4n) is 6.35. The summed E-state index contributed by atoms with van der Waals surface area (Å²) in [5.74, 6) is 0. The van der Waals surface area contributed by atoms with E-state index in [1.807, 2.05) is 0 Å². The van der Waals surface area contributed by atoms with Crippen molar-refractivity contribution in [1.82, 2.24) is 0 Å². The maximum atomic E-state index is 2.47. The molecule has 6 rings (SSSR count). The third kappa shape index (κ3) is 2.64. The molecule has 0 fully saturated rings. The maximum absolute atomic E-state index is 2.47. The van der Waals surface area contributed by atoms with E-state index in [0.29, 0.717) is 0 Å². The van der Waals surface area contributed by atoms with Crippen molar-refractivity contribution in [2.75, 3.05) is 0 Å². The van der Waals surface area contributed by atoms with Gasteiger partial charge in [-0.3, -0.25) is 0 Å². The van der Waals surface area contributed by atoms with Gasteiger partial charge in [-0.05, 0) is 55.6 Å². The molecule has 0 aliphatic heterocycles. The Morgan fingerprint density at radius 3 is 1.24 bits per heavy atom. The van der Waals surface area contributed by atoms with E-state index >= 15 is 0 Å². The largest absolute Gasteiger partial charge is 0.0619 e. The van der Waals surface area contributed by atoms with Gasteiger partial charge in [-0.2, -0.15) is 0 Å². The molecule has 0 aromatic heterocycles. The van der Waals surface area contributed by atoms with E-state index in [4.69, 9.17) is 0 Å². The van der Waals surface area contributed by atoms with Gasteiger partial charge in [0.1, 0.15) is 0 Å². The Kier molecular flexibility index (Phi) is 4.02. The molecule has 164 valence electrons. The van der Waals surface area contributed by atoms with Crippen LogP contribution < -0.4 is 0 Å². The molecule has 0 amide bonds. The first kappa shape index (κ1) is 20.5. The van der Waals surface area contributed by atoms with Crippen LogP contribution in [0.2, 0.25) is 0 Å². The minimum absolute atomic E-state index is 0.0274.